The van der Waals surface area contributed by atoms with E-state index in [1.807, 2.05) is 60.3 Å². The maximum absolute atomic E-state index is 11.1. The molecule has 7 heteroatoms. The maximum atomic E-state index is 11.1. The van der Waals surface area contributed by atoms with Crippen LogP contribution in [0.25, 0.3) is 11.0 Å². The van der Waals surface area contributed by atoms with Gasteiger partial charge in [0, 0.05) is 13.1 Å². The maximum Gasteiger partial charge on any atom is 0.316 e. The number of nitrogens with zero attached hydrogens (tertiary/aromatic N) is 2. The van der Waals surface area contributed by atoms with Crippen LogP contribution in [-0.2, 0) is 24.9 Å². The van der Waals surface area contributed by atoms with Gasteiger partial charge in [0.15, 0.2) is 0 Å². The van der Waals surface area contributed by atoms with Crippen molar-refractivity contribution in [1.82, 2.24) is 9.55 Å². The topological polar surface area (TPSA) is 73.6 Å². The number of hydrogen-bond donors (Lipinski definition) is 1. The standard InChI is InChI=1S/C20H22N2O4S/c1-22-17-11-15(25-2)8-9-16(17)21-19(22)12-26-14-6-4-13(5-7-14)10-18(27-3)20(23)24/h4-9,11,18H,10,12H2,1-3H3,(H,23,24). The summed E-state index contributed by atoms with van der Waals surface area (Å²) in [4.78, 5) is 15.7. The Morgan fingerprint density at radius 2 is 1.93 bits per heavy atom. The van der Waals surface area contributed by atoms with E-state index in [9.17, 15) is 4.79 Å². The molecule has 0 bridgehead atoms. The fourth-order valence-corrected chi connectivity index (χ4v) is 3.39. The third kappa shape index (κ3) is 4.36. The lowest BCUT2D eigenvalue weighted by molar-refractivity contribution is -0.136. The summed E-state index contributed by atoms with van der Waals surface area (Å²) in [5, 5.41) is 8.72. The van der Waals surface area contributed by atoms with Crippen molar-refractivity contribution in [2.45, 2.75) is 18.3 Å². The summed E-state index contributed by atoms with van der Waals surface area (Å²) < 4.78 is 13.1. The first-order valence-electron chi connectivity index (χ1n) is 8.48. The van der Waals surface area contributed by atoms with Crippen LogP contribution < -0.4 is 9.47 Å². The van der Waals surface area contributed by atoms with Crippen LogP contribution in [0.2, 0.25) is 0 Å². The molecule has 0 radical (unpaired) electrons. The van der Waals surface area contributed by atoms with Gasteiger partial charge in [0.25, 0.3) is 0 Å². The van der Waals surface area contributed by atoms with Crippen LogP contribution in [0.5, 0.6) is 11.5 Å². The molecule has 3 rings (SSSR count). The molecule has 1 N–H and O–H groups in total. The number of aryl methyl sites for hydroxylation is 1. The van der Waals surface area contributed by atoms with Crippen molar-refractivity contribution in [3.63, 3.8) is 0 Å². The number of ether oxygens (including phenoxy) is 2. The van der Waals surface area contributed by atoms with E-state index in [0.717, 1.165) is 33.9 Å². The summed E-state index contributed by atoms with van der Waals surface area (Å²) in [6, 6.07) is 13.3. The predicted octanol–water partition coefficient (Wildman–Crippen LogP) is 3.52. The van der Waals surface area contributed by atoms with Crippen molar-refractivity contribution in [2.24, 2.45) is 7.05 Å². The fraction of sp³-hybridized carbons (Fsp3) is 0.300. The largest absolute Gasteiger partial charge is 0.497 e. The monoisotopic (exact) mass is 386 g/mol. The van der Waals surface area contributed by atoms with E-state index in [2.05, 4.69) is 4.98 Å². The number of hydrogen-bond acceptors (Lipinski definition) is 5. The molecule has 0 aliphatic rings. The van der Waals surface area contributed by atoms with Crippen molar-refractivity contribution in [1.29, 1.82) is 0 Å². The van der Waals surface area contributed by atoms with Gasteiger partial charge in [-0.2, -0.15) is 0 Å². The van der Waals surface area contributed by atoms with Crippen molar-refractivity contribution in [3.8, 4) is 11.5 Å². The smallest absolute Gasteiger partial charge is 0.316 e. The molecule has 142 valence electrons. The minimum atomic E-state index is -0.790. The van der Waals surface area contributed by atoms with E-state index < -0.39 is 11.2 Å². The predicted molar refractivity (Wildman–Crippen MR) is 107 cm³/mol. The first kappa shape index (κ1) is 19.1. The summed E-state index contributed by atoms with van der Waals surface area (Å²) in [7, 11) is 3.59. The number of methoxy groups -OCH3 is 1. The van der Waals surface area contributed by atoms with Crippen LogP contribution in [-0.4, -0.2) is 39.2 Å². The average Bonchev–Trinajstić information content (AvgIpc) is 3.00. The lowest BCUT2D eigenvalue weighted by atomic mass is 10.1. The molecular weight excluding hydrogens is 364 g/mol. The number of imidazole rings is 1. The fourth-order valence-electron chi connectivity index (χ4n) is 2.83. The zero-order valence-electron chi connectivity index (χ0n) is 15.5. The molecule has 1 unspecified atom stereocenters. The van der Waals surface area contributed by atoms with E-state index in [1.54, 1.807) is 7.11 Å². The van der Waals surface area contributed by atoms with Crippen molar-refractivity contribution >= 4 is 28.8 Å². The summed E-state index contributed by atoms with van der Waals surface area (Å²) in [5.74, 6) is 1.54. The molecule has 27 heavy (non-hydrogen) atoms. The second-order valence-corrected chi connectivity index (χ2v) is 7.18. The number of aromatic nitrogens is 2. The van der Waals surface area contributed by atoms with E-state index in [0.29, 0.717) is 13.0 Å². The Balaban J connectivity index is 1.67. The van der Waals surface area contributed by atoms with Crippen molar-refractivity contribution < 1.29 is 19.4 Å². The van der Waals surface area contributed by atoms with Gasteiger partial charge in [0.05, 0.1) is 18.1 Å². The lowest BCUT2D eigenvalue weighted by Gasteiger charge is -2.10. The van der Waals surface area contributed by atoms with Crippen LogP contribution in [0.4, 0.5) is 0 Å². The summed E-state index contributed by atoms with van der Waals surface area (Å²) >= 11 is 1.34. The third-order valence-corrected chi connectivity index (χ3v) is 5.39. The van der Waals surface area contributed by atoms with Gasteiger partial charge < -0.3 is 19.1 Å². The Labute approximate surface area is 162 Å². The Kier molecular flexibility index (Phi) is 5.91. The Morgan fingerprint density at radius 1 is 1.22 bits per heavy atom. The van der Waals surface area contributed by atoms with Gasteiger partial charge in [-0.15, -0.1) is 11.8 Å². The van der Waals surface area contributed by atoms with Crippen LogP contribution in [0.1, 0.15) is 11.4 Å². The van der Waals surface area contributed by atoms with E-state index >= 15 is 0 Å². The minimum absolute atomic E-state index is 0.343. The molecule has 2 aromatic carbocycles. The Bertz CT molecular complexity index is 937. The number of aliphatic carboxylic acids is 1. The quantitative estimate of drug-likeness (QED) is 0.639. The second kappa shape index (κ2) is 8.35. The van der Waals surface area contributed by atoms with Crippen molar-refractivity contribution in [3.05, 3.63) is 53.9 Å². The highest BCUT2D eigenvalue weighted by Gasteiger charge is 2.16. The lowest BCUT2D eigenvalue weighted by Crippen LogP contribution is -2.18. The van der Waals surface area contributed by atoms with Gasteiger partial charge in [-0.25, -0.2) is 4.98 Å². The normalized spacial score (nSPS) is 12.1. The molecule has 3 aromatic rings. The molecule has 6 nitrogen and oxygen atoms in total. The Morgan fingerprint density at radius 3 is 2.56 bits per heavy atom. The molecule has 1 aromatic heterocycles. The minimum Gasteiger partial charge on any atom is -0.497 e. The SMILES string of the molecule is COc1ccc2nc(COc3ccc(CC(SC)C(=O)O)cc3)n(C)c2c1. The number of carboxylic acid groups (broad SMARTS) is 1. The zero-order chi connectivity index (χ0) is 19.4. The summed E-state index contributed by atoms with van der Waals surface area (Å²) in [6.45, 7) is 0.343. The molecule has 0 spiro atoms. The van der Waals surface area contributed by atoms with Gasteiger partial charge >= 0.3 is 5.97 Å². The van der Waals surface area contributed by atoms with Crippen LogP contribution >= 0.6 is 11.8 Å². The molecule has 0 aliphatic heterocycles. The molecule has 0 fully saturated rings. The van der Waals surface area contributed by atoms with Gasteiger partial charge in [0.2, 0.25) is 0 Å². The van der Waals surface area contributed by atoms with Crippen LogP contribution in [0, 0.1) is 0 Å². The molecule has 0 aliphatic carbocycles. The number of carbonyl (C=O) groups is 1. The van der Waals surface area contributed by atoms with Crippen LogP contribution in [0.3, 0.4) is 0 Å². The molecule has 1 heterocycles. The number of benzene rings is 2. The molecule has 0 amide bonds. The Hall–Kier alpha value is -2.67. The second-order valence-electron chi connectivity index (χ2n) is 6.14. The number of fused-ring (bicyclic) bond motifs is 1. The van der Waals surface area contributed by atoms with E-state index in [4.69, 9.17) is 14.6 Å². The van der Waals surface area contributed by atoms with Crippen LogP contribution in [0.15, 0.2) is 42.5 Å². The highest BCUT2D eigenvalue weighted by atomic mass is 32.2. The van der Waals surface area contributed by atoms with E-state index in [1.165, 1.54) is 11.8 Å². The van der Waals surface area contributed by atoms with Gasteiger partial charge in [-0.3, -0.25) is 4.79 Å². The number of carboxylic acids is 1. The van der Waals surface area contributed by atoms with Gasteiger partial charge in [0.1, 0.15) is 29.2 Å². The van der Waals surface area contributed by atoms with Gasteiger partial charge in [-0.1, -0.05) is 12.1 Å². The molecule has 0 saturated heterocycles. The van der Waals surface area contributed by atoms with E-state index in [-0.39, 0.29) is 0 Å². The number of rotatable bonds is 8. The molecular formula is C20H22N2O4S. The molecule has 1 atom stereocenters. The average molecular weight is 386 g/mol. The summed E-state index contributed by atoms with van der Waals surface area (Å²) in [5.41, 5.74) is 2.85. The van der Waals surface area contributed by atoms with Gasteiger partial charge in [-0.05, 0) is 42.5 Å². The first-order chi connectivity index (χ1) is 13.0. The number of thioether (sulfide) groups is 1. The molecule has 0 saturated carbocycles. The van der Waals surface area contributed by atoms with Crippen molar-refractivity contribution in [2.75, 3.05) is 13.4 Å². The summed E-state index contributed by atoms with van der Waals surface area (Å²) in [6.07, 6.45) is 2.30. The highest BCUT2D eigenvalue weighted by Crippen LogP contribution is 2.22. The zero-order valence-corrected chi connectivity index (χ0v) is 16.3. The third-order valence-electron chi connectivity index (χ3n) is 4.45. The highest BCUT2D eigenvalue weighted by molar-refractivity contribution is 7.99. The first-order valence-corrected chi connectivity index (χ1v) is 9.77.